The van der Waals surface area contributed by atoms with Gasteiger partial charge in [-0.1, -0.05) is 29.3 Å². The molecule has 0 aliphatic rings. The molecular weight excluding hydrogens is 324 g/mol. The quantitative estimate of drug-likeness (QED) is 0.845. The molecule has 0 aliphatic heterocycles. The van der Waals surface area contributed by atoms with Gasteiger partial charge in [-0.15, -0.1) is 0 Å². The van der Waals surface area contributed by atoms with Crippen molar-refractivity contribution in [3.8, 4) is 0 Å². The van der Waals surface area contributed by atoms with Crippen molar-refractivity contribution in [2.75, 3.05) is 5.75 Å². The van der Waals surface area contributed by atoms with Crippen LogP contribution in [0.2, 0.25) is 0 Å². The number of halogens is 1. The summed E-state index contributed by atoms with van der Waals surface area (Å²) in [6.45, 7) is 2.83. The molecule has 3 nitrogen and oxygen atoms in total. The van der Waals surface area contributed by atoms with Crippen molar-refractivity contribution >= 4 is 39.5 Å². The number of benzene rings is 1. The molecule has 1 unspecified atom stereocenters. The summed E-state index contributed by atoms with van der Waals surface area (Å²) < 4.78 is 2.60. The molecule has 0 amide bonds. The lowest BCUT2D eigenvalue weighted by atomic mass is 10.1. The molecule has 5 heteroatoms. The van der Waals surface area contributed by atoms with Crippen LogP contribution >= 0.6 is 28.6 Å². The van der Waals surface area contributed by atoms with Crippen molar-refractivity contribution in [1.82, 2.24) is 9.55 Å². The third-order valence-corrected chi connectivity index (χ3v) is 4.21. The van der Waals surface area contributed by atoms with Crippen LogP contribution in [0.4, 0.5) is 0 Å². The van der Waals surface area contributed by atoms with Crippen LogP contribution < -0.4 is 5.56 Å². The van der Waals surface area contributed by atoms with E-state index in [1.54, 1.807) is 10.9 Å². The van der Waals surface area contributed by atoms with Crippen molar-refractivity contribution in [3.05, 3.63) is 39.4 Å². The fourth-order valence-corrected chi connectivity index (χ4v) is 2.85. The van der Waals surface area contributed by atoms with Crippen molar-refractivity contribution < 1.29 is 0 Å². The van der Waals surface area contributed by atoms with E-state index in [1.165, 1.54) is 0 Å². The Hall–Kier alpha value is -0.810. The number of thiol groups is 1. The molecule has 0 spiro atoms. The highest BCUT2D eigenvalue weighted by Gasteiger charge is 2.10. The van der Waals surface area contributed by atoms with Gasteiger partial charge in [0.2, 0.25) is 0 Å². The molecule has 1 heterocycles. The van der Waals surface area contributed by atoms with Gasteiger partial charge < -0.3 is 0 Å². The second-order valence-corrected chi connectivity index (χ2v) is 5.98. The van der Waals surface area contributed by atoms with Crippen molar-refractivity contribution in [2.24, 2.45) is 5.92 Å². The average Bonchev–Trinajstić information content (AvgIpc) is 2.41. The van der Waals surface area contributed by atoms with E-state index in [9.17, 15) is 4.79 Å². The van der Waals surface area contributed by atoms with E-state index in [-0.39, 0.29) is 5.56 Å². The minimum Gasteiger partial charge on any atom is -0.298 e. The van der Waals surface area contributed by atoms with Gasteiger partial charge >= 0.3 is 0 Å². The molecule has 19 heavy (non-hydrogen) atoms. The first-order valence-corrected chi connectivity index (χ1v) is 7.83. The Kier molecular flexibility index (Phi) is 5.05. The van der Waals surface area contributed by atoms with Gasteiger partial charge in [0.15, 0.2) is 0 Å². The zero-order chi connectivity index (χ0) is 13.8. The molecule has 0 bridgehead atoms. The molecule has 0 fully saturated rings. The summed E-state index contributed by atoms with van der Waals surface area (Å²) in [7, 11) is 0. The third-order valence-electron chi connectivity index (χ3n) is 3.20. The molecule has 0 saturated heterocycles. The zero-order valence-electron chi connectivity index (χ0n) is 10.8. The highest BCUT2D eigenvalue weighted by atomic mass is 79.9. The predicted molar refractivity (Wildman–Crippen MR) is 86.0 cm³/mol. The Morgan fingerprint density at radius 2 is 2.26 bits per heavy atom. The van der Waals surface area contributed by atoms with Crippen LogP contribution in [0.25, 0.3) is 10.9 Å². The van der Waals surface area contributed by atoms with Gasteiger partial charge in [-0.25, -0.2) is 4.98 Å². The number of hydrogen-bond donors (Lipinski definition) is 1. The maximum atomic E-state index is 12.4. The Bertz CT molecular complexity index is 626. The summed E-state index contributed by atoms with van der Waals surface area (Å²) >= 11 is 7.75. The fraction of sp³-hybridized carbons (Fsp3) is 0.429. The van der Waals surface area contributed by atoms with Crippen molar-refractivity contribution in [2.45, 2.75) is 26.3 Å². The number of nitrogens with zero attached hydrogens (tertiary/aromatic N) is 2. The molecule has 2 aromatic rings. The molecular formula is C14H17BrN2OS. The van der Waals surface area contributed by atoms with Crippen LogP contribution in [-0.2, 0) is 6.54 Å². The number of fused-ring (bicyclic) bond motifs is 1. The van der Waals surface area contributed by atoms with Gasteiger partial charge in [-0.3, -0.25) is 9.36 Å². The summed E-state index contributed by atoms with van der Waals surface area (Å²) in [5.41, 5.74) is 0.761. The second kappa shape index (κ2) is 6.57. The lowest BCUT2D eigenvalue weighted by molar-refractivity contribution is 0.444. The Morgan fingerprint density at radius 3 is 2.95 bits per heavy atom. The highest BCUT2D eigenvalue weighted by Crippen LogP contribution is 2.16. The molecule has 2 rings (SSSR count). The summed E-state index contributed by atoms with van der Waals surface area (Å²) in [5.74, 6) is 1.20. The monoisotopic (exact) mass is 340 g/mol. The molecule has 0 radical (unpaired) electrons. The molecule has 0 aliphatic carbocycles. The van der Waals surface area contributed by atoms with E-state index in [4.69, 9.17) is 0 Å². The van der Waals surface area contributed by atoms with E-state index in [0.717, 1.165) is 28.6 Å². The first-order valence-electron chi connectivity index (χ1n) is 6.41. The molecule has 102 valence electrons. The lowest BCUT2D eigenvalue weighted by Crippen LogP contribution is -2.25. The molecule has 1 aromatic carbocycles. The molecule has 0 N–H and O–H groups in total. The largest absolute Gasteiger partial charge is 0.298 e. The van der Waals surface area contributed by atoms with Gasteiger partial charge in [0.25, 0.3) is 5.56 Å². The smallest absolute Gasteiger partial charge is 0.261 e. The summed E-state index contributed by atoms with van der Waals surface area (Å²) in [5, 5.41) is 0.659. The molecule has 1 aromatic heterocycles. The minimum absolute atomic E-state index is 0.0224. The zero-order valence-corrected chi connectivity index (χ0v) is 13.3. The van der Waals surface area contributed by atoms with E-state index < -0.39 is 0 Å². The van der Waals surface area contributed by atoms with Crippen LogP contribution in [0.5, 0.6) is 0 Å². The van der Waals surface area contributed by atoms with Crippen LogP contribution in [0.3, 0.4) is 0 Å². The number of aromatic nitrogens is 2. The number of hydrogen-bond acceptors (Lipinski definition) is 3. The second-order valence-electron chi connectivity index (χ2n) is 4.70. The topological polar surface area (TPSA) is 34.9 Å². The van der Waals surface area contributed by atoms with Crippen LogP contribution in [0.15, 0.2) is 33.8 Å². The molecule has 0 saturated carbocycles. The van der Waals surface area contributed by atoms with Gasteiger partial charge in [0.1, 0.15) is 0 Å². The van der Waals surface area contributed by atoms with Gasteiger partial charge in [0, 0.05) is 11.0 Å². The van der Waals surface area contributed by atoms with Crippen LogP contribution in [-0.4, -0.2) is 15.3 Å². The lowest BCUT2D eigenvalue weighted by Gasteiger charge is -2.15. The first kappa shape index (κ1) is 14.6. The van der Waals surface area contributed by atoms with Crippen LogP contribution in [0, 0.1) is 5.92 Å². The minimum atomic E-state index is 0.0224. The Labute approximate surface area is 126 Å². The molecule has 1 atom stereocenters. The predicted octanol–water partition coefficient (Wildman–Crippen LogP) is 3.51. The summed E-state index contributed by atoms with van der Waals surface area (Å²) in [6.07, 6.45) is 3.82. The summed E-state index contributed by atoms with van der Waals surface area (Å²) in [4.78, 5) is 16.8. The average molecular weight is 341 g/mol. The van der Waals surface area contributed by atoms with Gasteiger partial charge in [-0.05, 0) is 36.3 Å². The van der Waals surface area contributed by atoms with E-state index in [0.29, 0.717) is 17.8 Å². The number of rotatable bonds is 5. The van der Waals surface area contributed by atoms with E-state index in [1.807, 2.05) is 18.2 Å². The fourth-order valence-electron chi connectivity index (χ4n) is 2.19. The van der Waals surface area contributed by atoms with Crippen molar-refractivity contribution in [3.63, 3.8) is 0 Å². The first-order chi connectivity index (χ1) is 9.15. The van der Waals surface area contributed by atoms with Gasteiger partial charge in [0.05, 0.1) is 17.2 Å². The SMILES string of the molecule is CCCC(CS)Cn1cnc2ccc(Br)cc2c1=O. The van der Waals surface area contributed by atoms with Crippen molar-refractivity contribution in [1.29, 1.82) is 0 Å². The maximum Gasteiger partial charge on any atom is 0.261 e. The Balaban J connectivity index is 2.39. The normalized spacial score (nSPS) is 12.8. The van der Waals surface area contributed by atoms with Gasteiger partial charge in [-0.2, -0.15) is 12.6 Å². The highest BCUT2D eigenvalue weighted by molar-refractivity contribution is 9.10. The van der Waals surface area contributed by atoms with E-state index >= 15 is 0 Å². The maximum absolute atomic E-state index is 12.4. The van der Waals surface area contributed by atoms with E-state index in [2.05, 4.69) is 40.5 Å². The standard InChI is InChI=1S/C14H17BrN2OS/c1-2-3-10(8-19)7-17-9-16-13-5-4-11(15)6-12(13)14(17)18/h4-6,9-10,19H,2-3,7-8H2,1H3. The third kappa shape index (κ3) is 3.39. The Morgan fingerprint density at radius 1 is 1.47 bits per heavy atom. The summed E-state index contributed by atoms with van der Waals surface area (Å²) in [6, 6.07) is 5.58. The van der Waals surface area contributed by atoms with Crippen LogP contribution in [0.1, 0.15) is 19.8 Å².